The number of nitrogens with one attached hydrogen (secondary N) is 2. The van der Waals surface area contributed by atoms with Gasteiger partial charge in [-0.1, -0.05) is 6.07 Å². The second-order valence-corrected chi connectivity index (χ2v) is 6.05. The molecule has 1 atom stereocenters. The lowest BCUT2D eigenvalue weighted by molar-refractivity contribution is -0.132. The summed E-state index contributed by atoms with van der Waals surface area (Å²) in [5.74, 6) is 0.726. The standard InChI is InChI=1S/C18H27FN4O2/c1-4-20-18(22-14-7-9-17(24)23(3)12-14)21-11-13-6-8-16(25-5-2)15(19)10-13/h6,8,10,14H,4-5,7,9,11-12H2,1-3H3,(H2,20,21,22). The number of rotatable bonds is 6. The molecule has 1 saturated heterocycles. The lowest BCUT2D eigenvalue weighted by Gasteiger charge is -2.31. The molecule has 0 saturated carbocycles. The molecular weight excluding hydrogens is 323 g/mol. The van der Waals surface area contributed by atoms with Crippen LogP contribution >= 0.6 is 0 Å². The van der Waals surface area contributed by atoms with Crippen LogP contribution in [0.25, 0.3) is 0 Å². The fourth-order valence-electron chi connectivity index (χ4n) is 2.73. The number of halogens is 1. The van der Waals surface area contributed by atoms with Gasteiger partial charge in [0.15, 0.2) is 17.5 Å². The Labute approximate surface area is 148 Å². The van der Waals surface area contributed by atoms with E-state index in [-0.39, 0.29) is 23.5 Å². The Kier molecular flexibility index (Phi) is 7.03. The Morgan fingerprint density at radius 3 is 2.88 bits per heavy atom. The SMILES string of the molecule is CCNC(=NCc1ccc(OCC)c(F)c1)NC1CCC(=O)N(C)C1. The molecule has 6 nitrogen and oxygen atoms in total. The van der Waals surface area contributed by atoms with Crippen LogP contribution in [0.3, 0.4) is 0 Å². The first-order valence-corrected chi connectivity index (χ1v) is 8.73. The first-order valence-electron chi connectivity index (χ1n) is 8.73. The molecule has 0 bridgehead atoms. The van der Waals surface area contributed by atoms with Crippen molar-refractivity contribution in [2.45, 2.75) is 39.3 Å². The number of likely N-dealkylation sites (tertiary alicyclic amines) is 1. The van der Waals surface area contributed by atoms with Crippen LogP contribution in [-0.4, -0.2) is 49.6 Å². The minimum absolute atomic E-state index is 0.164. The number of carbonyl (C=O) groups excluding carboxylic acids is 1. The lowest BCUT2D eigenvalue weighted by Crippen LogP contribution is -2.51. The van der Waals surface area contributed by atoms with Crippen molar-refractivity contribution in [1.82, 2.24) is 15.5 Å². The minimum atomic E-state index is -0.375. The van der Waals surface area contributed by atoms with Crippen molar-refractivity contribution >= 4 is 11.9 Å². The largest absolute Gasteiger partial charge is 0.491 e. The molecule has 1 aromatic carbocycles. The zero-order chi connectivity index (χ0) is 18.2. The van der Waals surface area contributed by atoms with Gasteiger partial charge in [-0.25, -0.2) is 9.38 Å². The number of hydrogen-bond acceptors (Lipinski definition) is 3. The lowest BCUT2D eigenvalue weighted by atomic mass is 10.1. The number of nitrogens with zero attached hydrogens (tertiary/aromatic N) is 2. The maximum Gasteiger partial charge on any atom is 0.222 e. The summed E-state index contributed by atoms with van der Waals surface area (Å²) in [6, 6.07) is 5.06. The van der Waals surface area contributed by atoms with E-state index < -0.39 is 0 Å². The van der Waals surface area contributed by atoms with E-state index in [1.165, 1.54) is 6.07 Å². The maximum absolute atomic E-state index is 13.9. The summed E-state index contributed by atoms with van der Waals surface area (Å²) in [6.45, 7) is 5.99. The summed E-state index contributed by atoms with van der Waals surface area (Å²) in [5.41, 5.74) is 0.772. The van der Waals surface area contributed by atoms with Crippen LogP contribution in [-0.2, 0) is 11.3 Å². The normalized spacial score (nSPS) is 18.2. The van der Waals surface area contributed by atoms with Crippen LogP contribution in [0.1, 0.15) is 32.3 Å². The summed E-state index contributed by atoms with van der Waals surface area (Å²) in [6.07, 6.45) is 1.32. The number of hydrogen-bond donors (Lipinski definition) is 2. The molecular formula is C18H27FN4O2. The molecule has 0 spiro atoms. The average molecular weight is 350 g/mol. The van der Waals surface area contributed by atoms with Crippen LogP contribution in [0.5, 0.6) is 5.75 Å². The number of benzene rings is 1. The van der Waals surface area contributed by atoms with Gasteiger partial charge in [-0.3, -0.25) is 4.79 Å². The van der Waals surface area contributed by atoms with Crippen molar-refractivity contribution < 1.29 is 13.9 Å². The molecule has 25 heavy (non-hydrogen) atoms. The number of aliphatic imine (C=N–C) groups is 1. The Hall–Kier alpha value is -2.31. The Morgan fingerprint density at radius 2 is 2.24 bits per heavy atom. The van der Waals surface area contributed by atoms with E-state index in [1.807, 2.05) is 27.0 Å². The number of carbonyl (C=O) groups is 1. The first kappa shape index (κ1) is 19.0. The van der Waals surface area contributed by atoms with Crippen molar-refractivity contribution in [2.75, 3.05) is 26.7 Å². The number of likely N-dealkylation sites (N-methyl/N-ethyl adjacent to an activating group) is 1. The Balaban J connectivity index is 1.99. The molecule has 1 fully saturated rings. The minimum Gasteiger partial charge on any atom is -0.491 e. The van der Waals surface area contributed by atoms with E-state index in [2.05, 4.69) is 15.6 Å². The molecule has 0 aromatic heterocycles. The predicted octanol–water partition coefficient (Wildman–Crippen LogP) is 1.90. The van der Waals surface area contributed by atoms with E-state index in [9.17, 15) is 9.18 Å². The zero-order valence-corrected chi connectivity index (χ0v) is 15.1. The molecule has 1 aliphatic heterocycles. The molecule has 1 aliphatic rings. The summed E-state index contributed by atoms with van der Waals surface area (Å²) >= 11 is 0. The van der Waals surface area contributed by atoms with Gasteiger partial charge < -0.3 is 20.3 Å². The molecule has 138 valence electrons. The fraction of sp³-hybridized carbons (Fsp3) is 0.556. The number of piperidine rings is 1. The zero-order valence-electron chi connectivity index (χ0n) is 15.1. The molecule has 1 heterocycles. The van der Waals surface area contributed by atoms with Gasteiger partial charge in [0, 0.05) is 32.6 Å². The Bertz CT molecular complexity index is 621. The monoisotopic (exact) mass is 350 g/mol. The summed E-state index contributed by atoms with van der Waals surface area (Å²) in [5, 5.41) is 6.54. The van der Waals surface area contributed by atoms with E-state index in [0.717, 1.165) is 18.5 Å². The van der Waals surface area contributed by atoms with E-state index in [4.69, 9.17) is 4.74 Å². The van der Waals surface area contributed by atoms with Gasteiger partial charge >= 0.3 is 0 Å². The Morgan fingerprint density at radius 1 is 1.44 bits per heavy atom. The third kappa shape index (κ3) is 5.62. The van der Waals surface area contributed by atoms with Gasteiger partial charge in [-0.2, -0.15) is 0 Å². The van der Waals surface area contributed by atoms with E-state index >= 15 is 0 Å². The van der Waals surface area contributed by atoms with Gasteiger partial charge in [-0.15, -0.1) is 0 Å². The van der Waals surface area contributed by atoms with Gasteiger partial charge in [0.05, 0.1) is 13.2 Å². The van der Waals surface area contributed by atoms with Gasteiger partial charge in [0.1, 0.15) is 0 Å². The van der Waals surface area contributed by atoms with Gasteiger partial charge in [0.25, 0.3) is 0 Å². The van der Waals surface area contributed by atoms with Crippen LogP contribution < -0.4 is 15.4 Å². The molecule has 1 unspecified atom stereocenters. The van der Waals surface area contributed by atoms with Crippen molar-refractivity contribution in [2.24, 2.45) is 4.99 Å². The summed E-state index contributed by atoms with van der Waals surface area (Å²) < 4.78 is 19.1. The maximum atomic E-state index is 13.9. The van der Waals surface area contributed by atoms with Crippen molar-refractivity contribution in [1.29, 1.82) is 0 Å². The third-order valence-electron chi connectivity index (χ3n) is 4.03. The average Bonchev–Trinajstić information content (AvgIpc) is 2.58. The molecule has 7 heteroatoms. The topological polar surface area (TPSA) is 66.0 Å². The highest BCUT2D eigenvalue weighted by Crippen LogP contribution is 2.18. The highest BCUT2D eigenvalue weighted by molar-refractivity contribution is 5.81. The molecule has 1 aromatic rings. The second kappa shape index (κ2) is 9.25. The highest BCUT2D eigenvalue weighted by atomic mass is 19.1. The van der Waals surface area contributed by atoms with E-state index in [0.29, 0.717) is 32.1 Å². The number of ether oxygens (including phenoxy) is 1. The van der Waals surface area contributed by atoms with E-state index in [1.54, 1.807) is 11.0 Å². The molecule has 2 N–H and O–H groups in total. The predicted molar refractivity (Wildman–Crippen MR) is 96.2 cm³/mol. The number of amides is 1. The molecule has 2 rings (SSSR count). The van der Waals surface area contributed by atoms with Crippen molar-refractivity contribution in [3.8, 4) is 5.75 Å². The second-order valence-electron chi connectivity index (χ2n) is 6.05. The highest BCUT2D eigenvalue weighted by Gasteiger charge is 2.23. The molecule has 0 aliphatic carbocycles. The van der Waals surface area contributed by atoms with Crippen LogP contribution in [0.2, 0.25) is 0 Å². The van der Waals surface area contributed by atoms with Crippen molar-refractivity contribution in [3.05, 3.63) is 29.6 Å². The fourth-order valence-corrected chi connectivity index (χ4v) is 2.73. The van der Waals surface area contributed by atoms with Crippen LogP contribution in [0.15, 0.2) is 23.2 Å². The first-order chi connectivity index (χ1) is 12.0. The summed E-state index contributed by atoms with van der Waals surface area (Å²) in [4.78, 5) is 17.8. The van der Waals surface area contributed by atoms with Crippen LogP contribution in [0.4, 0.5) is 4.39 Å². The molecule has 0 radical (unpaired) electrons. The van der Waals surface area contributed by atoms with Gasteiger partial charge in [0.2, 0.25) is 5.91 Å². The quantitative estimate of drug-likeness (QED) is 0.607. The third-order valence-corrected chi connectivity index (χ3v) is 4.03. The molecule has 1 amide bonds. The summed E-state index contributed by atoms with van der Waals surface area (Å²) in [7, 11) is 1.81. The smallest absolute Gasteiger partial charge is 0.222 e. The van der Waals surface area contributed by atoms with Gasteiger partial charge in [-0.05, 0) is 38.0 Å². The number of guanidine groups is 1. The van der Waals surface area contributed by atoms with Crippen molar-refractivity contribution in [3.63, 3.8) is 0 Å². The van der Waals surface area contributed by atoms with Crippen LogP contribution in [0, 0.1) is 5.82 Å².